The fourth-order valence-electron chi connectivity index (χ4n) is 1.53. The van der Waals surface area contributed by atoms with Gasteiger partial charge in [-0.15, -0.1) is 0 Å². The summed E-state index contributed by atoms with van der Waals surface area (Å²) in [5.41, 5.74) is 0.966. The first-order valence-corrected chi connectivity index (χ1v) is 5.37. The van der Waals surface area contributed by atoms with E-state index in [1.165, 1.54) is 0 Å². The molecule has 0 radical (unpaired) electrons. The van der Waals surface area contributed by atoms with Crippen LogP contribution in [0.2, 0.25) is 0 Å². The lowest BCUT2D eigenvalue weighted by Crippen LogP contribution is -2.27. The second-order valence-electron chi connectivity index (χ2n) is 4.40. The van der Waals surface area contributed by atoms with Gasteiger partial charge in [-0.05, 0) is 25.8 Å². The van der Waals surface area contributed by atoms with E-state index in [1.807, 2.05) is 6.07 Å². The summed E-state index contributed by atoms with van der Waals surface area (Å²) in [6.45, 7) is -0.0687. The largest absolute Gasteiger partial charge is 0.434 e. The van der Waals surface area contributed by atoms with Crippen LogP contribution >= 0.6 is 0 Å². The molecule has 2 rings (SSSR count). The van der Waals surface area contributed by atoms with Gasteiger partial charge in [0.1, 0.15) is 5.75 Å². The Hall–Kier alpha value is -1.16. The Labute approximate surface area is 93.6 Å². The lowest BCUT2D eigenvalue weighted by Gasteiger charge is -2.14. The molecule has 1 aromatic carbocycles. The molecule has 16 heavy (non-hydrogen) atoms. The van der Waals surface area contributed by atoms with Gasteiger partial charge < -0.3 is 10.1 Å². The highest BCUT2D eigenvalue weighted by Gasteiger charge is 2.36. The molecule has 1 N–H and O–H groups in total. The minimum atomic E-state index is -2.77. The van der Waals surface area contributed by atoms with Crippen LogP contribution in [0.15, 0.2) is 24.3 Å². The Morgan fingerprint density at radius 1 is 1.38 bits per heavy atom. The van der Waals surface area contributed by atoms with Gasteiger partial charge in [0.05, 0.1) is 0 Å². The van der Waals surface area contributed by atoms with Gasteiger partial charge in [-0.3, -0.25) is 0 Å². The number of hydrogen-bond acceptors (Lipinski definition) is 2. The molecule has 0 aromatic heterocycles. The molecule has 2 nitrogen and oxygen atoms in total. The van der Waals surface area contributed by atoms with Crippen LogP contribution in [0.1, 0.15) is 25.3 Å². The summed E-state index contributed by atoms with van der Waals surface area (Å²) >= 11 is 0. The third-order valence-electron chi connectivity index (χ3n) is 2.89. The smallest absolute Gasteiger partial charge is 0.387 e. The molecule has 0 atom stereocenters. The van der Waals surface area contributed by atoms with Crippen molar-refractivity contribution >= 4 is 0 Å². The molecule has 0 saturated heterocycles. The zero-order valence-corrected chi connectivity index (χ0v) is 9.17. The molecule has 0 heterocycles. The number of benzene rings is 1. The minimum Gasteiger partial charge on any atom is -0.434 e. The topological polar surface area (TPSA) is 21.3 Å². The number of hydrogen-bond donors (Lipinski definition) is 1. The van der Waals surface area contributed by atoms with Crippen LogP contribution in [0, 0.1) is 0 Å². The van der Waals surface area contributed by atoms with Crippen LogP contribution < -0.4 is 10.1 Å². The van der Waals surface area contributed by atoms with Crippen molar-refractivity contribution in [3.8, 4) is 5.75 Å². The van der Waals surface area contributed by atoms with Crippen LogP contribution in [0.3, 0.4) is 0 Å². The zero-order valence-electron chi connectivity index (χ0n) is 9.17. The summed E-state index contributed by atoms with van der Waals surface area (Å²) in [6, 6.07) is 6.89. The van der Waals surface area contributed by atoms with Crippen LogP contribution in [0.25, 0.3) is 0 Å². The first-order chi connectivity index (χ1) is 7.59. The van der Waals surface area contributed by atoms with Crippen molar-refractivity contribution in [2.24, 2.45) is 0 Å². The lowest BCUT2D eigenvalue weighted by atomic mass is 10.2. The van der Waals surface area contributed by atoms with E-state index in [2.05, 4.69) is 17.0 Å². The number of ether oxygens (including phenoxy) is 1. The first-order valence-electron chi connectivity index (χ1n) is 5.37. The highest BCUT2D eigenvalue weighted by Crippen LogP contribution is 2.35. The molecule has 0 unspecified atom stereocenters. The molecular weight excluding hydrogens is 212 g/mol. The van der Waals surface area contributed by atoms with Gasteiger partial charge in [-0.1, -0.05) is 18.2 Å². The summed E-state index contributed by atoms with van der Waals surface area (Å²) in [5, 5.41) is 3.34. The van der Waals surface area contributed by atoms with Gasteiger partial charge in [0, 0.05) is 17.6 Å². The molecule has 1 saturated carbocycles. The van der Waals surface area contributed by atoms with Gasteiger partial charge in [-0.2, -0.15) is 8.78 Å². The van der Waals surface area contributed by atoms with E-state index in [1.54, 1.807) is 18.2 Å². The van der Waals surface area contributed by atoms with Crippen LogP contribution in [-0.4, -0.2) is 12.2 Å². The number of nitrogens with one attached hydrogen (secondary N) is 1. The van der Waals surface area contributed by atoms with Crippen LogP contribution in [0.4, 0.5) is 8.78 Å². The summed E-state index contributed by atoms with van der Waals surface area (Å²) in [6.07, 6.45) is 2.29. The van der Waals surface area contributed by atoms with Crippen molar-refractivity contribution in [3.05, 3.63) is 29.8 Å². The van der Waals surface area contributed by atoms with E-state index < -0.39 is 6.61 Å². The van der Waals surface area contributed by atoms with Crippen molar-refractivity contribution in [1.82, 2.24) is 5.32 Å². The molecule has 0 spiro atoms. The molecule has 0 amide bonds. The molecule has 1 aliphatic rings. The Bertz CT molecular complexity index is 364. The number of halogens is 2. The van der Waals surface area contributed by atoms with Crippen molar-refractivity contribution in [2.75, 3.05) is 0 Å². The SMILES string of the molecule is CC1(NCc2ccccc2OC(F)F)CC1. The Morgan fingerprint density at radius 2 is 2.06 bits per heavy atom. The number of rotatable bonds is 5. The predicted molar refractivity (Wildman–Crippen MR) is 57.6 cm³/mol. The second-order valence-corrected chi connectivity index (χ2v) is 4.40. The molecule has 1 fully saturated rings. The van der Waals surface area contributed by atoms with Crippen molar-refractivity contribution < 1.29 is 13.5 Å². The molecule has 1 aromatic rings. The summed E-state index contributed by atoms with van der Waals surface area (Å²) in [7, 11) is 0. The Morgan fingerprint density at radius 3 is 2.69 bits per heavy atom. The molecular formula is C12H15F2NO. The summed E-state index contributed by atoms with van der Waals surface area (Å²) < 4.78 is 28.7. The van der Waals surface area contributed by atoms with Gasteiger partial charge in [0.15, 0.2) is 0 Å². The summed E-state index contributed by atoms with van der Waals surface area (Å²) in [4.78, 5) is 0. The highest BCUT2D eigenvalue weighted by molar-refractivity contribution is 5.33. The maximum absolute atomic E-state index is 12.1. The maximum Gasteiger partial charge on any atom is 0.387 e. The van der Waals surface area contributed by atoms with E-state index in [4.69, 9.17) is 0 Å². The molecule has 0 aliphatic heterocycles. The number of para-hydroxylation sites is 1. The quantitative estimate of drug-likeness (QED) is 0.835. The van der Waals surface area contributed by atoms with Gasteiger partial charge >= 0.3 is 6.61 Å². The molecule has 4 heteroatoms. The first kappa shape index (κ1) is 11.3. The minimum absolute atomic E-state index is 0.192. The third kappa shape index (κ3) is 2.92. The highest BCUT2D eigenvalue weighted by atomic mass is 19.3. The van der Waals surface area contributed by atoms with E-state index in [9.17, 15) is 8.78 Å². The van der Waals surface area contributed by atoms with E-state index in [-0.39, 0.29) is 11.3 Å². The summed E-state index contributed by atoms with van der Waals surface area (Å²) in [5.74, 6) is 0.259. The van der Waals surface area contributed by atoms with Crippen molar-refractivity contribution in [3.63, 3.8) is 0 Å². The maximum atomic E-state index is 12.1. The van der Waals surface area contributed by atoms with Crippen molar-refractivity contribution in [1.29, 1.82) is 0 Å². The second kappa shape index (κ2) is 4.37. The molecule has 0 bridgehead atoms. The molecule has 1 aliphatic carbocycles. The third-order valence-corrected chi connectivity index (χ3v) is 2.89. The van der Waals surface area contributed by atoms with E-state index in [0.717, 1.165) is 18.4 Å². The normalized spacial score (nSPS) is 17.5. The predicted octanol–water partition coefficient (Wildman–Crippen LogP) is 2.93. The fourth-order valence-corrected chi connectivity index (χ4v) is 1.53. The monoisotopic (exact) mass is 227 g/mol. The van der Waals surface area contributed by atoms with Crippen LogP contribution in [-0.2, 0) is 6.54 Å². The average Bonchev–Trinajstić information content (AvgIpc) is 2.95. The fraction of sp³-hybridized carbons (Fsp3) is 0.500. The standard InChI is InChI=1S/C12H15F2NO/c1-12(6-7-12)15-8-9-4-2-3-5-10(9)16-11(13)14/h2-5,11,15H,6-8H2,1H3. The molecule has 88 valence electrons. The number of alkyl halides is 2. The Balaban J connectivity index is 2.01. The van der Waals surface area contributed by atoms with E-state index >= 15 is 0 Å². The average molecular weight is 227 g/mol. The van der Waals surface area contributed by atoms with E-state index in [0.29, 0.717) is 6.54 Å². The van der Waals surface area contributed by atoms with Gasteiger partial charge in [0.25, 0.3) is 0 Å². The van der Waals surface area contributed by atoms with Crippen LogP contribution in [0.5, 0.6) is 5.75 Å². The van der Waals surface area contributed by atoms with Crippen molar-refractivity contribution in [2.45, 2.75) is 38.5 Å². The zero-order chi connectivity index (χ0) is 11.6. The van der Waals surface area contributed by atoms with Gasteiger partial charge in [0.2, 0.25) is 0 Å². The lowest BCUT2D eigenvalue weighted by molar-refractivity contribution is -0.0505. The van der Waals surface area contributed by atoms with Gasteiger partial charge in [-0.25, -0.2) is 0 Å². The Kier molecular flexibility index (Phi) is 3.10.